The molecule has 0 saturated carbocycles. The summed E-state index contributed by atoms with van der Waals surface area (Å²) in [4.78, 5) is 47.5. The Morgan fingerprint density at radius 3 is 1.32 bits per heavy atom. The number of phosphoric acid groups is 1. The lowest BCUT2D eigenvalue weighted by atomic mass is 10.0. The van der Waals surface area contributed by atoms with Crippen LogP contribution in [0.2, 0.25) is 0 Å². The summed E-state index contributed by atoms with van der Waals surface area (Å²) < 4.78 is 74.7. The van der Waals surface area contributed by atoms with Gasteiger partial charge in [-0.25, -0.2) is 18.1 Å². The molecule has 0 spiro atoms. The van der Waals surface area contributed by atoms with Crippen LogP contribution in [-0.4, -0.2) is 88.4 Å². The van der Waals surface area contributed by atoms with Crippen molar-refractivity contribution in [2.45, 2.75) is 232 Å². The molecule has 0 aliphatic rings. The summed E-state index contributed by atoms with van der Waals surface area (Å²) in [7, 11) is -3.38. The molecule has 0 aromatic heterocycles. The van der Waals surface area contributed by atoms with Gasteiger partial charge in [0.15, 0.2) is 6.61 Å². The SMILES string of the molecule is CCCCCCCCCCCCCCCCCC(=O)OC(COP(=O)(O)OCCNC(=O)OCC(F)(F)COCCOC)OC(=O)CCCCCCCCCCCCCCCCC. The minimum absolute atomic E-state index is 0.0519. The van der Waals surface area contributed by atoms with Crippen molar-refractivity contribution in [2.75, 3.05) is 53.3 Å². The van der Waals surface area contributed by atoms with Crippen LogP contribution in [0.5, 0.6) is 0 Å². The van der Waals surface area contributed by atoms with Crippen LogP contribution < -0.4 is 5.32 Å². The number of halogens is 2. The minimum atomic E-state index is -4.78. The number of hydrogen-bond donors (Lipinski definition) is 2. The number of alkyl carbamates (subject to hydrolysis) is 1. The van der Waals surface area contributed by atoms with E-state index in [1.165, 1.54) is 148 Å². The van der Waals surface area contributed by atoms with Crippen LogP contribution in [0.15, 0.2) is 0 Å². The van der Waals surface area contributed by atoms with Crippen LogP contribution in [0.3, 0.4) is 0 Å². The number of carbonyl (C=O) groups is 3. The van der Waals surface area contributed by atoms with Crippen molar-refractivity contribution in [3.8, 4) is 0 Å². The van der Waals surface area contributed by atoms with Gasteiger partial charge < -0.3 is 33.9 Å². The third-order valence-corrected chi connectivity index (χ3v) is 11.6. The zero-order valence-corrected chi connectivity index (χ0v) is 40.7. The van der Waals surface area contributed by atoms with E-state index in [-0.39, 0.29) is 32.6 Å². The molecule has 63 heavy (non-hydrogen) atoms. The Bertz CT molecular complexity index is 1070. The number of amides is 1. The highest BCUT2D eigenvalue weighted by atomic mass is 31.2. The molecule has 13 nitrogen and oxygen atoms in total. The highest BCUT2D eigenvalue weighted by molar-refractivity contribution is 7.47. The maximum absolute atomic E-state index is 13.8. The average Bonchev–Trinajstić information content (AvgIpc) is 3.25. The Morgan fingerprint density at radius 2 is 0.937 bits per heavy atom. The molecule has 0 rings (SSSR count). The fraction of sp³-hybridized carbons (Fsp3) is 0.936. The van der Waals surface area contributed by atoms with Crippen molar-refractivity contribution in [2.24, 2.45) is 0 Å². The van der Waals surface area contributed by atoms with Crippen molar-refractivity contribution < 1.29 is 65.4 Å². The Kier molecular flexibility index (Phi) is 42.6. The van der Waals surface area contributed by atoms with Crippen LogP contribution in [0.4, 0.5) is 13.6 Å². The van der Waals surface area contributed by atoms with Gasteiger partial charge in [0.05, 0.1) is 19.8 Å². The van der Waals surface area contributed by atoms with Crippen LogP contribution in [0, 0.1) is 0 Å². The summed E-state index contributed by atoms with van der Waals surface area (Å²) >= 11 is 0. The third-order valence-electron chi connectivity index (χ3n) is 10.7. The number of esters is 2. The molecule has 16 heteroatoms. The maximum Gasteiger partial charge on any atom is 0.472 e. The molecular formula is C47H90F2NO12P. The summed E-state index contributed by atoms with van der Waals surface area (Å²) in [6.45, 7) is 0.647. The van der Waals surface area contributed by atoms with E-state index >= 15 is 0 Å². The van der Waals surface area contributed by atoms with Gasteiger partial charge >= 0.3 is 31.8 Å². The molecule has 1 amide bonds. The van der Waals surface area contributed by atoms with Gasteiger partial charge in [0.1, 0.15) is 13.2 Å². The first-order valence-electron chi connectivity index (χ1n) is 24.8. The van der Waals surface area contributed by atoms with Gasteiger partial charge in [0.2, 0.25) is 0 Å². The number of carbonyl (C=O) groups excluding carboxylic acids is 3. The Balaban J connectivity index is 4.61. The maximum atomic E-state index is 13.8. The van der Waals surface area contributed by atoms with Crippen LogP contribution in [-0.2, 0) is 46.9 Å². The normalized spacial score (nSPS) is 12.7. The van der Waals surface area contributed by atoms with Crippen molar-refractivity contribution in [3.05, 3.63) is 0 Å². The molecule has 0 aromatic rings. The molecule has 0 bridgehead atoms. The van der Waals surface area contributed by atoms with E-state index in [1.807, 2.05) is 0 Å². The summed E-state index contributed by atoms with van der Waals surface area (Å²) in [6, 6.07) is 0. The number of nitrogens with one attached hydrogen (secondary N) is 1. The lowest BCUT2D eigenvalue weighted by Crippen LogP contribution is -2.35. The van der Waals surface area contributed by atoms with E-state index < -0.39 is 64.5 Å². The standard InChI is InChI=1S/C47H90F2NO12P/c1-4-6-8-10-12-14-16-18-20-22-24-26-28-30-32-34-43(51)61-45(62-44(52)35-33-31-29-27-25-23-21-19-17-15-13-11-9-7-5-2)40-60-63(54,55)59-37-36-50-46(53)58-42-47(48,49)41-57-39-38-56-3/h45H,4-42H2,1-3H3,(H,50,53)(H,54,55). The first-order valence-corrected chi connectivity index (χ1v) is 26.3. The molecule has 0 fully saturated rings. The number of unbranched alkanes of at least 4 members (excludes halogenated alkanes) is 28. The largest absolute Gasteiger partial charge is 0.472 e. The Labute approximate surface area is 380 Å². The lowest BCUT2D eigenvalue weighted by Gasteiger charge is -2.20. The van der Waals surface area contributed by atoms with Gasteiger partial charge in [-0.3, -0.25) is 18.6 Å². The number of hydrogen-bond acceptors (Lipinski definition) is 11. The van der Waals surface area contributed by atoms with Gasteiger partial charge in [-0.2, -0.15) is 0 Å². The van der Waals surface area contributed by atoms with Crippen LogP contribution in [0.25, 0.3) is 0 Å². The van der Waals surface area contributed by atoms with Crippen LogP contribution in [0.1, 0.15) is 219 Å². The van der Waals surface area contributed by atoms with E-state index in [0.29, 0.717) is 12.8 Å². The number of phosphoric ester groups is 1. The number of ether oxygens (including phenoxy) is 5. The molecule has 0 aliphatic carbocycles. The molecule has 0 aromatic carbocycles. The molecule has 1 atom stereocenters. The molecule has 0 radical (unpaired) electrons. The van der Waals surface area contributed by atoms with Crippen molar-refractivity contribution in [3.63, 3.8) is 0 Å². The zero-order chi connectivity index (χ0) is 46.5. The fourth-order valence-corrected chi connectivity index (χ4v) is 7.63. The second-order valence-corrected chi connectivity index (χ2v) is 18.3. The summed E-state index contributed by atoms with van der Waals surface area (Å²) in [5.74, 6) is -4.68. The van der Waals surface area contributed by atoms with E-state index in [2.05, 4.69) is 23.9 Å². The topological polar surface area (TPSA) is 165 Å². The monoisotopic (exact) mass is 930 g/mol. The lowest BCUT2D eigenvalue weighted by molar-refractivity contribution is -0.193. The smallest absolute Gasteiger partial charge is 0.443 e. The number of rotatable bonds is 48. The minimum Gasteiger partial charge on any atom is -0.443 e. The van der Waals surface area contributed by atoms with Crippen molar-refractivity contribution in [1.29, 1.82) is 0 Å². The van der Waals surface area contributed by atoms with Crippen molar-refractivity contribution >= 4 is 25.9 Å². The molecule has 0 aliphatic heterocycles. The van der Waals surface area contributed by atoms with Gasteiger partial charge in [-0.15, -0.1) is 0 Å². The van der Waals surface area contributed by atoms with Gasteiger partial charge in [-0.05, 0) is 12.8 Å². The second kappa shape index (κ2) is 44.0. The average molecular weight is 930 g/mol. The third kappa shape index (κ3) is 45.1. The summed E-state index contributed by atoms with van der Waals surface area (Å²) in [5, 5.41) is 2.12. The van der Waals surface area contributed by atoms with E-state index in [1.54, 1.807) is 0 Å². The van der Waals surface area contributed by atoms with Gasteiger partial charge in [-0.1, -0.05) is 194 Å². The Hall–Kier alpha value is -1.90. The highest BCUT2D eigenvalue weighted by Gasteiger charge is 2.32. The Morgan fingerprint density at radius 1 is 0.556 bits per heavy atom. The summed E-state index contributed by atoms with van der Waals surface area (Å²) in [5.41, 5.74) is 0. The van der Waals surface area contributed by atoms with Crippen molar-refractivity contribution in [1.82, 2.24) is 5.32 Å². The molecule has 1 unspecified atom stereocenters. The second-order valence-electron chi connectivity index (χ2n) is 16.8. The highest BCUT2D eigenvalue weighted by Crippen LogP contribution is 2.43. The molecular weight excluding hydrogens is 839 g/mol. The summed E-state index contributed by atoms with van der Waals surface area (Å²) in [6.07, 6.45) is 33.0. The zero-order valence-electron chi connectivity index (χ0n) is 39.8. The predicted molar refractivity (Wildman–Crippen MR) is 244 cm³/mol. The first kappa shape index (κ1) is 61.1. The van der Waals surface area contributed by atoms with Crippen LogP contribution >= 0.6 is 7.82 Å². The van der Waals surface area contributed by atoms with Gasteiger partial charge in [0, 0.05) is 26.5 Å². The molecule has 0 heterocycles. The molecule has 2 N–H and O–H groups in total. The first-order chi connectivity index (χ1) is 30.4. The van der Waals surface area contributed by atoms with E-state index in [0.717, 1.165) is 38.5 Å². The molecule has 0 saturated heterocycles. The number of methoxy groups -OCH3 is 1. The van der Waals surface area contributed by atoms with E-state index in [9.17, 15) is 32.6 Å². The van der Waals surface area contributed by atoms with Gasteiger partial charge in [0.25, 0.3) is 6.29 Å². The fourth-order valence-electron chi connectivity index (χ4n) is 6.92. The quantitative estimate of drug-likeness (QED) is 0.0257. The van der Waals surface area contributed by atoms with E-state index in [4.69, 9.17) is 28.0 Å². The number of alkyl halides is 2. The predicted octanol–water partition coefficient (Wildman–Crippen LogP) is 13.1. The molecule has 374 valence electrons.